The monoisotopic (exact) mass is 243 g/mol. The number of aromatic nitrogens is 2. The van der Waals surface area contributed by atoms with Crippen LogP contribution in [0.1, 0.15) is 37.8 Å². The Kier molecular flexibility index (Phi) is 3.97. The number of hydrogen-bond donors (Lipinski definition) is 1. The van der Waals surface area contributed by atoms with Crippen molar-refractivity contribution in [2.45, 2.75) is 58.0 Å². The molecule has 1 aliphatic carbocycles. The van der Waals surface area contributed by atoms with Gasteiger partial charge < -0.3 is 9.88 Å². The van der Waals surface area contributed by atoms with E-state index in [1.807, 2.05) is 6.92 Å². The fourth-order valence-electron chi connectivity index (χ4n) is 2.38. The van der Waals surface area contributed by atoms with Crippen molar-refractivity contribution in [3.63, 3.8) is 0 Å². The fraction of sp³-hybridized carbons (Fsp3) is 0.750. The molecule has 1 heterocycles. The molecule has 0 aliphatic heterocycles. The summed E-state index contributed by atoms with van der Waals surface area (Å²) in [5.41, 5.74) is 0.781. The highest BCUT2D eigenvalue weighted by Gasteiger charge is 2.17. The summed E-state index contributed by atoms with van der Waals surface area (Å²) >= 11 is 0. The third-order valence-corrected chi connectivity index (χ3v) is 3.17. The van der Waals surface area contributed by atoms with Gasteiger partial charge in [0.2, 0.25) is 5.95 Å². The average Bonchev–Trinajstić information content (AvgIpc) is 2.59. The predicted molar refractivity (Wildman–Crippen MR) is 63.5 cm³/mol. The Balaban J connectivity index is 2.02. The zero-order valence-electron chi connectivity index (χ0n) is 10.1. The molecule has 0 spiro atoms. The number of nitrogens with one attached hydrogen (secondary N) is 1. The van der Waals surface area contributed by atoms with Crippen LogP contribution in [-0.4, -0.2) is 22.0 Å². The van der Waals surface area contributed by atoms with Gasteiger partial charge in [0.05, 0.1) is 12.2 Å². The molecule has 96 valence electrons. The normalized spacial score (nSPS) is 17.6. The Labute approximate surface area is 100 Å². The molecule has 1 N–H and O–H groups in total. The summed E-state index contributed by atoms with van der Waals surface area (Å²) in [6.45, 7) is 1.55. The highest BCUT2D eigenvalue weighted by Crippen LogP contribution is 2.21. The zero-order valence-corrected chi connectivity index (χ0v) is 10.1. The lowest BCUT2D eigenvalue weighted by atomic mass is 9.96. The second-order valence-electron chi connectivity index (χ2n) is 4.73. The van der Waals surface area contributed by atoms with Gasteiger partial charge in [-0.15, -0.1) is 0 Å². The van der Waals surface area contributed by atoms with Gasteiger partial charge >= 0.3 is 0 Å². The van der Waals surface area contributed by atoms with Crippen molar-refractivity contribution in [2.75, 3.05) is 5.32 Å². The van der Waals surface area contributed by atoms with Crippen molar-refractivity contribution in [2.24, 2.45) is 0 Å². The second-order valence-corrected chi connectivity index (χ2v) is 4.73. The predicted octanol–water partition coefficient (Wildman–Crippen LogP) is 3.20. The SMILES string of the molecule is Cc1cn(CC(F)F)c(NC2CCCCC2)n1. The minimum Gasteiger partial charge on any atom is -0.353 e. The molecule has 1 aliphatic rings. The van der Waals surface area contributed by atoms with Crippen LogP contribution in [0.15, 0.2) is 6.20 Å². The molecule has 0 radical (unpaired) electrons. The van der Waals surface area contributed by atoms with Crippen LogP contribution in [0.4, 0.5) is 14.7 Å². The Bertz CT molecular complexity index is 357. The number of hydrogen-bond acceptors (Lipinski definition) is 2. The maximum atomic E-state index is 12.4. The van der Waals surface area contributed by atoms with E-state index in [0.717, 1.165) is 18.5 Å². The van der Waals surface area contributed by atoms with Gasteiger partial charge in [-0.05, 0) is 19.8 Å². The second kappa shape index (κ2) is 5.47. The summed E-state index contributed by atoms with van der Waals surface area (Å²) in [5, 5.41) is 3.29. The lowest BCUT2D eigenvalue weighted by Gasteiger charge is -2.23. The first-order valence-electron chi connectivity index (χ1n) is 6.23. The van der Waals surface area contributed by atoms with Crippen LogP contribution in [0, 0.1) is 6.92 Å². The van der Waals surface area contributed by atoms with Crippen molar-refractivity contribution < 1.29 is 8.78 Å². The third kappa shape index (κ3) is 3.41. The molecule has 5 heteroatoms. The molecule has 17 heavy (non-hydrogen) atoms. The van der Waals surface area contributed by atoms with Crippen molar-refractivity contribution in [1.29, 1.82) is 0 Å². The number of alkyl halides is 2. The Morgan fingerprint density at radius 3 is 2.76 bits per heavy atom. The van der Waals surface area contributed by atoms with Crippen LogP contribution in [0.25, 0.3) is 0 Å². The topological polar surface area (TPSA) is 29.9 Å². The van der Waals surface area contributed by atoms with Crippen LogP contribution >= 0.6 is 0 Å². The minimum absolute atomic E-state index is 0.282. The van der Waals surface area contributed by atoms with E-state index in [2.05, 4.69) is 10.3 Å². The average molecular weight is 243 g/mol. The Morgan fingerprint density at radius 1 is 1.41 bits per heavy atom. The first-order chi connectivity index (χ1) is 8.15. The largest absolute Gasteiger partial charge is 0.353 e. The molecule has 0 amide bonds. The van der Waals surface area contributed by atoms with E-state index in [1.165, 1.54) is 23.8 Å². The number of aryl methyl sites for hydroxylation is 1. The molecule has 1 fully saturated rings. The van der Waals surface area contributed by atoms with E-state index < -0.39 is 6.43 Å². The molecule has 0 saturated heterocycles. The lowest BCUT2D eigenvalue weighted by Crippen LogP contribution is -2.24. The summed E-state index contributed by atoms with van der Waals surface area (Å²) in [6, 6.07) is 0.391. The Hall–Kier alpha value is -1.13. The van der Waals surface area contributed by atoms with Crippen LogP contribution in [-0.2, 0) is 6.54 Å². The van der Waals surface area contributed by atoms with Crippen LogP contribution < -0.4 is 5.32 Å². The third-order valence-electron chi connectivity index (χ3n) is 3.17. The van der Waals surface area contributed by atoms with E-state index in [-0.39, 0.29) is 6.54 Å². The van der Waals surface area contributed by atoms with Crippen molar-refractivity contribution in [3.05, 3.63) is 11.9 Å². The van der Waals surface area contributed by atoms with Crippen LogP contribution in [0.5, 0.6) is 0 Å². The first kappa shape index (κ1) is 12.3. The van der Waals surface area contributed by atoms with E-state index in [0.29, 0.717) is 12.0 Å². The highest BCUT2D eigenvalue weighted by molar-refractivity contribution is 5.30. The van der Waals surface area contributed by atoms with Gasteiger partial charge in [0.25, 0.3) is 6.43 Å². The number of rotatable bonds is 4. The molecular weight excluding hydrogens is 224 g/mol. The molecule has 1 aromatic heterocycles. The standard InChI is InChI=1S/C12H19F2N3/c1-9-7-17(8-11(13)14)12(15-9)16-10-5-3-2-4-6-10/h7,10-11H,2-6,8H2,1H3,(H,15,16). The van der Waals surface area contributed by atoms with Crippen molar-refractivity contribution in [3.8, 4) is 0 Å². The number of nitrogens with zero attached hydrogens (tertiary/aromatic N) is 2. The van der Waals surface area contributed by atoms with E-state index in [4.69, 9.17) is 0 Å². The molecule has 0 unspecified atom stereocenters. The van der Waals surface area contributed by atoms with Gasteiger partial charge in [-0.1, -0.05) is 19.3 Å². The summed E-state index contributed by atoms with van der Waals surface area (Å²) in [5.74, 6) is 0.592. The van der Waals surface area contributed by atoms with Gasteiger partial charge in [-0.25, -0.2) is 13.8 Å². The van der Waals surface area contributed by atoms with Crippen molar-refractivity contribution in [1.82, 2.24) is 9.55 Å². The number of anilines is 1. The van der Waals surface area contributed by atoms with Gasteiger partial charge in [-0.2, -0.15) is 0 Å². The van der Waals surface area contributed by atoms with Crippen LogP contribution in [0.2, 0.25) is 0 Å². The summed E-state index contributed by atoms with van der Waals surface area (Å²) in [4.78, 5) is 4.28. The molecule has 2 rings (SSSR count). The molecule has 0 bridgehead atoms. The Morgan fingerprint density at radius 2 is 2.12 bits per heavy atom. The lowest BCUT2D eigenvalue weighted by molar-refractivity contribution is 0.127. The molecule has 0 atom stereocenters. The molecule has 0 aromatic carbocycles. The number of halogens is 2. The number of imidazole rings is 1. The van der Waals surface area contributed by atoms with Crippen molar-refractivity contribution >= 4 is 5.95 Å². The first-order valence-corrected chi connectivity index (χ1v) is 6.23. The van der Waals surface area contributed by atoms with Gasteiger partial charge in [-0.3, -0.25) is 0 Å². The quantitative estimate of drug-likeness (QED) is 0.880. The smallest absolute Gasteiger partial charge is 0.256 e. The van der Waals surface area contributed by atoms with Gasteiger partial charge in [0, 0.05) is 12.2 Å². The maximum Gasteiger partial charge on any atom is 0.256 e. The fourth-order valence-corrected chi connectivity index (χ4v) is 2.38. The zero-order chi connectivity index (χ0) is 12.3. The summed E-state index contributed by atoms with van der Waals surface area (Å²) in [7, 11) is 0. The molecule has 1 saturated carbocycles. The van der Waals surface area contributed by atoms with Crippen LogP contribution in [0.3, 0.4) is 0 Å². The molecule has 3 nitrogen and oxygen atoms in total. The highest BCUT2D eigenvalue weighted by atomic mass is 19.3. The van der Waals surface area contributed by atoms with Gasteiger partial charge in [0.15, 0.2) is 0 Å². The minimum atomic E-state index is -2.34. The van der Waals surface area contributed by atoms with E-state index in [9.17, 15) is 8.78 Å². The maximum absolute atomic E-state index is 12.4. The summed E-state index contributed by atoms with van der Waals surface area (Å²) in [6.07, 6.45) is 5.27. The molecular formula is C12H19F2N3. The summed E-state index contributed by atoms with van der Waals surface area (Å²) < 4.78 is 26.3. The van der Waals surface area contributed by atoms with Gasteiger partial charge in [0.1, 0.15) is 0 Å². The van der Waals surface area contributed by atoms with E-state index in [1.54, 1.807) is 6.20 Å². The molecule has 1 aromatic rings. The van der Waals surface area contributed by atoms with E-state index >= 15 is 0 Å².